The highest BCUT2D eigenvalue weighted by molar-refractivity contribution is 9.09. The number of anilines is 1. The Balaban J connectivity index is 1.52. The molecule has 3 amide bonds. The zero-order valence-corrected chi connectivity index (χ0v) is 25.0. The highest BCUT2D eigenvalue weighted by Crippen LogP contribution is 2.68. The third kappa shape index (κ3) is 4.89. The summed E-state index contributed by atoms with van der Waals surface area (Å²) in [7, 11) is 0. The van der Waals surface area contributed by atoms with E-state index in [1.807, 2.05) is 44.2 Å². The van der Waals surface area contributed by atoms with E-state index in [9.17, 15) is 19.5 Å². The van der Waals surface area contributed by atoms with Crippen molar-refractivity contribution in [1.82, 2.24) is 10.2 Å². The lowest BCUT2D eigenvalue weighted by Crippen LogP contribution is -2.56. The molecule has 3 aliphatic heterocycles. The molecule has 208 valence electrons. The van der Waals surface area contributed by atoms with Gasteiger partial charge in [-0.15, -0.1) is 11.8 Å². The molecule has 3 saturated heterocycles. The number of hydrogen-bond donors (Lipinski definition) is 3. The van der Waals surface area contributed by atoms with E-state index in [1.165, 1.54) is 0 Å². The molecule has 0 aromatic heterocycles. The summed E-state index contributed by atoms with van der Waals surface area (Å²) >= 11 is 11.7. The first-order chi connectivity index (χ1) is 18.7. The third-order valence-electron chi connectivity index (χ3n) is 8.56. The van der Waals surface area contributed by atoms with Gasteiger partial charge in [0.2, 0.25) is 17.7 Å². The maximum atomic E-state index is 14.3. The van der Waals surface area contributed by atoms with Crippen LogP contribution in [0.3, 0.4) is 0 Å². The second-order valence-electron chi connectivity index (χ2n) is 10.7. The number of thioether (sulfide) groups is 1. The van der Waals surface area contributed by atoms with Gasteiger partial charge < -0.3 is 20.6 Å². The average molecular weight is 635 g/mol. The van der Waals surface area contributed by atoms with E-state index in [1.54, 1.807) is 40.9 Å². The number of amides is 3. The summed E-state index contributed by atoms with van der Waals surface area (Å²) in [6.07, 6.45) is 1.29. The van der Waals surface area contributed by atoms with Crippen LogP contribution < -0.4 is 10.6 Å². The van der Waals surface area contributed by atoms with Gasteiger partial charge in [0.15, 0.2) is 0 Å². The van der Waals surface area contributed by atoms with Crippen LogP contribution in [0, 0.1) is 17.8 Å². The van der Waals surface area contributed by atoms with Crippen molar-refractivity contribution in [3.63, 3.8) is 0 Å². The minimum atomic E-state index is -0.862. The Morgan fingerprint density at radius 1 is 1.18 bits per heavy atom. The van der Waals surface area contributed by atoms with E-state index in [0.717, 1.165) is 12.0 Å². The first-order valence-electron chi connectivity index (χ1n) is 13.4. The first kappa shape index (κ1) is 28.5. The van der Waals surface area contributed by atoms with Gasteiger partial charge >= 0.3 is 0 Å². The van der Waals surface area contributed by atoms with Crippen molar-refractivity contribution >= 4 is 62.7 Å². The summed E-state index contributed by atoms with van der Waals surface area (Å²) in [5.74, 6) is -2.07. The van der Waals surface area contributed by atoms with Crippen LogP contribution in [-0.4, -0.2) is 61.2 Å². The zero-order chi connectivity index (χ0) is 27.9. The molecule has 10 heteroatoms. The number of benzene rings is 2. The zero-order valence-electron chi connectivity index (χ0n) is 21.8. The maximum Gasteiger partial charge on any atom is 0.248 e. The number of alkyl halides is 1. The van der Waals surface area contributed by atoms with Crippen LogP contribution >= 0.6 is 39.3 Å². The van der Waals surface area contributed by atoms with Gasteiger partial charge in [0.1, 0.15) is 6.04 Å². The highest BCUT2D eigenvalue weighted by atomic mass is 79.9. The number of nitrogens with one attached hydrogen (secondary N) is 2. The average Bonchev–Trinajstić information content (AvgIpc) is 3.53. The molecule has 39 heavy (non-hydrogen) atoms. The molecule has 8 atom stereocenters. The molecule has 3 N–H and O–H groups in total. The predicted octanol–water partition coefficient (Wildman–Crippen LogP) is 4.47. The summed E-state index contributed by atoms with van der Waals surface area (Å²) in [5.41, 5.74) is 1.44. The first-order valence-corrected chi connectivity index (χ1v) is 15.5. The van der Waals surface area contributed by atoms with Gasteiger partial charge in [0.25, 0.3) is 0 Å². The van der Waals surface area contributed by atoms with Gasteiger partial charge in [-0.25, -0.2) is 0 Å². The fourth-order valence-electron chi connectivity index (χ4n) is 6.50. The topological polar surface area (TPSA) is 98.7 Å². The number of fused-ring (bicyclic) bond motifs is 1. The van der Waals surface area contributed by atoms with E-state index in [-0.39, 0.29) is 40.3 Å². The molecule has 2 bridgehead atoms. The normalized spacial score (nSPS) is 30.6. The number of aliphatic hydroxyl groups is 1. The van der Waals surface area contributed by atoms with Gasteiger partial charge in [0, 0.05) is 16.6 Å². The van der Waals surface area contributed by atoms with Crippen molar-refractivity contribution in [2.75, 3.05) is 11.9 Å². The van der Waals surface area contributed by atoms with E-state index in [0.29, 0.717) is 23.7 Å². The van der Waals surface area contributed by atoms with Crippen LogP contribution in [-0.2, 0) is 20.9 Å². The summed E-state index contributed by atoms with van der Waals surface area (Å²) in [5, 5.41) is 16.7. The van der Waals surface area contributed by atoms with E-state index in [4.69, 9.17) is 11.6 Å². The van der Waals surface area contributed by atoms with Crippen LogP contribution in [0.25, 0.3) is 0 Å². The van der Waals surface area contributed by atoms with Gasteiger partial charge in [-0.05, 0) is 30.0 Å². The summed E-state index contributed by atoms with van der Waals surface area (Å²) < 4.78 is -0.809. The van der Waals surface area contributed by atoms with Gasteiger partial charge in [-0.3, -0.25) is 14.4 Å². The van der Waals surface area contributed by atoms with Crippen molar-refractivity contribution in [3.05, 3.63) is 65.2 Å². The Labute approximate surface area is 246 Å². The molecule has 0 saturated carbocycles. The smallest absolute Gasteiger partial charge is 0.248 e. The monoisotopic (exact) mass is 633 g/mol. The number of likely N-dealkylation sites (tertiary alicyclic amines) is 1. The molecule has 0 aliphatic carbocycles. The second kappa shape index (κ2) is 11.4. The Morgan fingerprint density at radius 3 is 2.54 bits per heavy atom. The molecule has 3 heterocycles. The van der Waals surface area contributed by atoms with Crippen molar-refractivity contribution in [1.29, 1.82) is 0 Å². The molecule has 1 spiro atoms. The number of halogens is 2. The minimum absolute atomic E-state index is 0.0363. The van der Waals surface area contributed by atoms with E-state index in [2.05, 4.69) is 26.6 Å². The molecule has 5 rings (SSSR count). The molecule has 7 nitrogen and oxygen atoms in total. The second-order valence-corrected chi connectivity index (χ2v) is 13.8. The molecule has 2 aromatic rings. The Hall–Kier alpha value is -2.07. The van der Waals surface area contributed by atoms with Crippen molar-refractivity contribution in [2.24, 2.45) is 17.8 Å². The summed E-state index contributed by atoms with van der Waals surface area (Å²) in [4.78, 5) is 43.7. The number of hydrogen-bond acceptors (Lipinski definition) is 5. The molecule has 0 radical (unpaired) electrons. The Kier molecular flexibility index (Phi) is 8.34. The van der Waals surface area contributed by atoms with Gasteiger partial charge in [0.05, 0.1) is 39.9 Å². The standard InChI is InChI=1S/C29H33BrClN3O4S/c1-3-16(2)21(15-35)34-25(27(37)33-20-12-8-7-11-19(20)31)29-13-18(30)24(39-29)22(23(29)28(34)38)26(36)32-14-17-9-5-4-6-10-17/h4-12,16,18,21-25,35H,3,13-15H2,1-2H3,(H,32,36)(H,33,37)/t16-,18?,21-,22+,23-,24+,25?,29?/m0/s1. The van der Waals surface area contributed by atoms with Crippen molar-refractivity contribution < 1.29 is 19.5 Å². The SMILES string of the molecule is CC[C@H](C)[C@H](CO)N1C(=O)[C@@H]2[C@@H](C(=O)NCc3ccccc3)[C@@H]3SC2(CC3Br)C1C(=O)Nc1ccccc1Cl. The van der Waals surface area contributed by atoms with Crippen LogP contribution in [0.1, 0.15) is 32.3 Å². The van der Waals surface area contributed by atoms with Crippen LogP contribution in [0.5, 0.6) is 0 Å². The molecular weight excluding hydrogens is 602 g/mol. The largest absolute Gasteiger partial charge is 0.394 e. The number of nitrogens with zero attached hydrogens (tertiary/aromatic N) is 1. The lowest BCUT2D eigenvalue weighted by Gasteiger charge is -2.39. The Morgan fingerprint density at radius 2 is 1.87 bits per heavy atom. The van der Waals surface area contributed by atoms with Crippen molar-refractivity contribution in [2.45, 2.75) is 60.1 Å². The lowest BCUT2D eigenvalue weighted by molar-refractivity contribution is -0.143. The molecule has 2 aromatic carbocycles. The molecule has 3 unspecified atom stereocenters. The molecular formula is C29H33BrClN3O4S. The molecule has 3 fully saturated rings. The lowest BCUT2D eigenvalue weighted by atomic mass is 9.70. The summed E-state index contributed by atoms with van der Waals surface area (Å²) in [6.45, 7) is 4.07. The number of para-hydroxylation sites is 1. The number of aliphatic hydroxyl groups excluding tert-OH is 1. The quantitative estimate of drug-likeness (QED) is 0.354. The Bertz CT molecular complexity index is 1250. The van der Waals surface area contributed by atoms with E-state index < -0.39 is 28.7 Å². The van der Waals surface area contributed by atoms with Crippen LogP contribution in [0.2, 0.25) is 5.02 Å². The predicted molar refractivity (Wildman–Crippen MR) is 158 cm³/mol. The van der Waals surface area contributed by atoms with Crippen molar-refractivity contribution in [3.8, 4) is 0 Å². The van der Waals surface area contributed by atoms with Gasteiger partial charge in [-0.1, -0.05) is 90.3 Å². The number of carbonyl (C=O) groups excluding carboxylic acids is 3. The number of rotatable bonds is 9. The van der Waals surface area contributed by atoms with Crippen LogP contribution in [0.15, 0.2) is 54.6 Å². The third-order valence-corrected chi connectivity index (χ3v) is 12.1. The maximum absolute atomic E-state index is 14.3. The molecule has 3 aliphatic rings. The van der Waals surface area contributed by atoms with Gasteiger partial charge in [-0.2, -0.15) is 0 Å². The van der Waals surface area contributed by atoms with Crippen LogP contribution in [0.4, 0.5) is 5.69 Å². The fourth-order valence-corrected chi connectivity index (χ4v) is 10.3. The van der Waals surface area contributed by atoms with E-state index >= 15 is 0 Å². The number of carbonyl (C=O) groups is 3. The fraction of sp³-hybridized carbons (Fsp3) is 0.483. The highest BCUT2D eigenvalue weighted by Gasteiger charge is 2.76. The minimum Gasteiger partial charge on any atom is -0.394 e. The summed E-state index contributed by atoms with van der Waals surface area (Å²) in [6, 6.07) is 15.2.